The molecule has 0 fully saturated rings. The average molecular weight is 339 g/mol. The lowest BCUT2D eigenvalue weighted by Gasteiger charge is -2.08. The van der Waals surface area contributed by atoms with Crippen molar-refractivity contribution in [1.82, 2.24) is 25.5 Å². The normalized spacial score (nSPS) is 10.5. The molecule has 1 aromatic heterocycles. The lowest BCUT2D eigenvalue weighted by Crippen LogP contribution is -2.25. The molecule has 7 heteroatoms. The third-order valence-electron chi connectivity index (χ3n) is 3.45. The van der Waals surface area contributed by atoms with Crippen LogP contribution >= 0.6 is 11.8 Å². The number of hydrogen-bond donors (Lipinski definition) is 1. The van der Waals surface area contributed by atoms with Crippen LogP contribution in [0, 0.1) is 6.92 Å². The zero-order valence-corrected chi connectivity index (χ0v) is 14.0. The summed E-state index contributed by atoms with van der Waals surface area (Å²) in [5.74, 6) is 0.757. The van der Waals surface area contributed by atoms with Gasteiger partial charge in [-0.2, -0.15) is 0 Å². The molecule has 0 unspecified atom stereocenters. The molecule has 0 saturated carbocycles. The minimum Gasteiger partial charge on any atom is -0.351 e. The van der Waals surface area contributed by atoms with Crippen molar-refractivity contribution >= 4 is 17.7 Å². The van der Waals surface area contributed by atoms with E-state index in [2.05, 4.69) is 33.0 Å². The number of hydrogen-bond acceptors (Lipinski definition) is 5. The van der Waals surface area contributed by atoms with E-state index in [0.29, 0.717) is 12.1 Å². The Morgan fingerprint density at radius 3 is 2.75 bits per heavy atom. The van der Waals surface area contributed by atoms with Crippen LogP contribution in [0.5, 0.6) is 0 Å². The zero-order valence-electron chi connectivity index (χ0n) is 13.2. The van der Waals surface area contributed by atoms with Gasteiger partial charge in [0.25, 0.3) is 5.91 Å². The van der Waals surface area contributed by atoms with Crippen molar-refractivity contribution in [2.75, 3.05) is 12.3 Å². The van der Waals surface area contributed by atoms with Crippen molar-refractivity contribution in [3.05, 3.63) is 66.0 Å². The minimum absolute atomic E-state index is 0.0740. The van der Waals surface area contributed by atoms with E-state index >= 15 is 0 Å². The summed E-state index contributed by atoms with van der Waals surface area (Å²) in [6.07, 6.45) is 1.53. The van der Waals surface area contributed by atoms with Crippen LogP contribution in [0.25, 0.3) is 5.69 Å². The number of carbonyl (C=O) groups excluding carboxylic acids is 1. The summed E-state index contributed by atoms with van der Waals surface area (Å²) in [7, 11) is 0. The summed E-state index contributed by atoms with van der Waals surface area (Å²) in [5, 5.41) is 14.1. The second kappa shape index (κ2) is 7.74. The summed E-state index contributed by atoms with van der Waals surface area (Å²) >= 11 is 1.72. The van der Waals surface area contributed by atoms with Gasteiger partial charge in [0, 0.05) is 22.8 Å². The standard InChI is InChI=1S/C17H17N5OS/c1-13-11-14(7-8-16(13)22-12-19-20-21-22)17(23)18-9-10-24-15-5-3-2-4-6-15/h2-8,11-12H,9-10H2,1H3,(H,18,23). The Balaban J connectivity index is 1.54. The molecule has 6 nitrogen and oxygen atoms in total. The van der Waals surface area contributed by atoms with Crippen molar-refractivity contribution < 1.29 is 4.79 Å². The largest absolute Gasteiger partial charge is 0.351 e. The first-order valence-electron chi connectivity index (χ1n) is 7.54. The van der Waals surface area contributed by atoms with Crippen LogP contribution in [-0.2, 0) is 0 Å². The second-order valence-corrected chi connectivity index (χ2v) is 6.34. The lowest BCUT2D eigenvalue weighted by molar-refractivity contribution is 0.0956. The highest BCUT2D eigenvalue weighted by Gasteiger charge is 2.09. The molecular weight excluding hydrogens is 322 g/mol. The molecule has 0 atom stereocenters. The molecular formula is C17H17N5OS. The van der Waals surface area contributed by atoms with Crippen LogP contribution in [0.15, 0.2) is 59.8 Å². The highest BCUT2D eigenvalue weighted by Crippen LogP contribution is 2.16. The highest BCUT2D eigenvalue weighted by atomic mass is 32.2. The summed E-state index contributed by atoms with van der Waals surface area (Å²) in [5.41, 5.74) is 2.43. The maximum absolute atomic E-state index is 12.2. The molecule has 122 valence electrons. The SMILES string of the molecule is Cc1cc(C(=O)NCCSc2ccccc2)ccc1-n1cnnn1. The first-order chi connectivity index (χ1) is 11.7. The molecule has 0 aliphatic heterocycles. The first-order valence-corrected chi connectivity index (χ1v) is 8.52. The van der Waals surface area contributed by atoms with Gasteiger partial charge in [-0.3, -0.25) is 4.79 Å². The number of nitrogens with one attached hydrogen (secondary N) is 1. The summed E-state index contributed by atoms with van der Waals surface area (Å²) in [6, 6.07) is 15.6. The number of amides is 1. The molecule has 1 amide bonds. The monoisotopic (exact) mass is 339 g/mol. The van der Waals surface area contributed by atoms with Gasteiger partial charge in [-0.15, -0.1) is 16.9 Å². The Morgan fingerprint density at radius 2 is 2.04 bits per heavy atom. The highest BCUT2D eigenvalue weighted by molar-refractivity contribution is 7.99. The van der Waals surface area contributed by atoms with Crippen LogP contribution in [0.1, 0.15) is 15.9 Å². The van der Waals surface area contributed by atoms with Crippen molar-refractivity contribution in [1.29, 1.82) is 0 Å². The maximum atomic E-state index is 12.2. The molecule has 0 saturated heterocycles. The van der Waals surface area contributed by atoms with E-state index in [1.807, 2.05) is 37.3 Å². The minimum atomic E-state index is -0.0740. The molecule has 1 heterocycles. The Morgan fingerprint density at radius 1 is 1.21 bits per heavy atom. The number of tetrazole rings is 1. The van der Waals surface area contributed by atoms with Crippen molar-refractivity contribution in [3.8, 4) is 5.69 Å². The molecule has 1 N–H and O–H groups in total. The van der Waals surface area contributed by atoms with Crippen LogP contribution in [-0.4, -0.2) is 38.4 Å². The fraction of sp³-hybridized carbons (Fsp3) is 0.176. The van der Waals surface area contributed by atoms with Crippen molar-refractivity contribution in [3.63, 3.8) is 0 Å². The maximum Gasteiger partial charge on any atom is 0.251 e. The van der Waals surface area contributed by atoms with Gasteiger partial charge in [-0.25, -0.2) is 4.68 Å². The molecule has 0 radical (unpaired) electrons. The van der Waals surface area contributed by atoms with Crippen molar-refractivity contribution in [2.24, 2.45) is 0 Å². The molecule has 3 rings (SSSR count). The Bertz CT molecular complexity index is 805. The second-order valence-electron chi connectivity index (χ2n) is 5.17. The quantitative estimate of drug-likeness (QED) is 0.552. The molecule has 2 aromatic carbocycles. The van der Waals surface area contributed by atoms with Crippen LogP contribution < -0.4 is 5.32 Å². The summed E-state index contributed by atoms with van der Waals surface area (Å²) in [6.45, 7) is 2.55. The first kappa shape index (κ1) is 16.2. The van der Waals surface area contributed by atoms with Gasteiger partial charge in [0.15, 0.2) is 0 Å². The van der Waals surface area contributed by atoms with E-state index < -0.39 is 0 Å². The smallest absolute Gasteiger partial charge is 0.251 e. The third kappa shape index (κ3) is 3.99. The number of carbonyl (C=O) groups is 1. The lowest BCUT2D eigenvalue weighted by atomic mass is 10.1. The summed E-state index contributed by atoms with van der Waals surface area (Å²) in [4.78, 5) is 13.4. The molecule has 0 aliphatic carbocycles. The Hall–Kier alpha value is -2.67. The number of thioether (sulfide) groups is 1. The number of aryl methyl sites for hydroxylation is 1. The average Bonchev–Trinajstić information content (AvgIpc) is 3.13. The fourth-order valence-corrected chi connectivity index (χ4v) is 3.07. The molecule has 0 bridgehead atoms. The Labute approximate surface area is 144 Å². The van der Waals surface area contributed by atoms with Gasteiger partial charge < -0.3 is 5.32 Å². The third-order valence-corrected chi connectivity index (χ3v) is 4.47. The number of benzene rings is 2. The van der Waals surface area contributed by atoms with Gasteiger partial charge in [-0.05, 0) is 53.2 Å². The van der Waals surface area contributed by atoms with Gasteiger partial charge in [0.1, 0.15) is 6.33 Å². The van der Waals surface area contributed by atoms with Crippen LogP contribution in [0.4, 0.5) is 0 Å². The summed E-state index contributed by atoms with van der Waals surface area (Å²) < 4.78 is 1.58. The topological polar surface area (TPSA) is 72.7 Å². The van der Waals surface area contributed by atoms with Crippen molar-refractivity contribution in [2.45, 2.75) is 11.8 Å². The van der Waals surface area contributed by atoms with Crippen LogP contribution in [0.2, 0.25) is 0 Å². The van der Waals surface area contributed by atoms with Gasteiger partial charge in [0.2, 0.25) is 0 Å². The number of rotatable bonds is 6. The van der Waals surface area contributed by atoms with E-state index in [1.54, 1.807) is 22.5 Å². The molecule has 24 heavy (non-hydrogen) atoms. The van der Waals surface area contributed by atoms with Crippen LogP contribution in [0.3, 0.4) is 0 Å². The van der Waals surface area contributed by atoms with E-state index in [-0.39, 0.29) is 5.91 Å². The van der Waals surface area contributed by atoms with E-state index in [4.69, 9.17) is 0 Å². The number of nitrogens with zero attached hydrogens (tertiary/aromatic N) is 4. The fourth-order valence-electron chi connectivity index (χ4n) is 2.28. The van der Waals surface area contributed by atoms with Gasteiger partial charge in [0.05, 0.1) is 5.69 Å². The van der Waals surface area contributed by atoms with E-state index in [1.165, 1.54) is 11.2 Å². The Kier molecular flexibility index (Phi) is 5.22. The molecule has 0 aliphatic rings. The zero-order chi connectivity index (χ0) is 16.8. The van der Waals surface area contributed by atoms with Gasteiger partial charge >= 0.3 is 0 Å². The predicted molar refractivity (Wildman–Crippen MR) is 93.4 cm³/mol. The van der Waals surface area contributed by atoms with Gasteiger partial charge in [-0.1, -0.05) is 18.2 Å². The predicted octanol–water partition coefficient (Wildman–Crippen LogP) is 2.49. The molecule has 0 spiro atoms. The molecule has 3 aromatic rings. The van der Waals surface area contributed by atoms with E-state index in [0.717, 1.165) is 17.0 Å². The number of aromatic nitrogens is 4. The van der Waals surface area contributed by atoms with E-state index in [9.17, 15) is 4.79 Å².